The van der Waals surface area contributed by atoms with Crippen molar-refractivity contribution in [3.8, 4) is 5.75 Å². The van der Waals surface area contributed by atoms with E-state index in [4.69, 9.17) is 5.73 Å². The Morgan fingerprint density at radius 1 is 1.21 bits per heavy atom. The quantitative estimate of drug-likeness (QED) is 0.299. The van der Waals surface area contributed by atoms with Gasteiger partial charge in [-0.2, -0.15) is 0 Å². The van der Waals surface area contributed by atoms with Crippen molar-refractivity contribution in [2.45, 2.75) is 51.8 Å². The highest BCUT2D eigenvalue weighted by molar-refractivity contribution is 6.24. The maximum atomic E-state index is 15.7. The lowest BCUT2D eigenvalue weighted by molar-refractivity contribution is -0.148. The SMILES string of the molecule is CN(C)[C@@H]1C(O)=C(C(N)=O)C(=O)[C@@]2(O)C(O)=C3C(=O)c4c(O)cc(CNC(=O)C(C)(C)C)c(F)c4C[C@H]3C[C@@H]12. The summed E-state index contributed by atoms with van der Waals surface area (Å²) >= 11 is 0. The van der Waals surface area contributed by atoms with Gasteiger partial charge in [0.05, 0.1) is 11.6 Å². The maximum absolute atomic E-state index is 15.7. The second-order valence-electron chi connectivity index (χ2n) is 11.6. The first-order chi connectivity index (χ1) is 17.9. The number of hydrogen-bond acceptors (Lipinski definition) is 9. The summed E-state index contributed by atoms with van der Waals surface area (Å²) in [6, 6.07) is -0.139. The van der Waals surface area contributed by atoms with Crippen LogP contribution in [-0.4, -0.2) is 74.4 Å². The average Bonchev–Trinajstić information content (AvgIpc) is 2.81. The predicted molar refractivity (Wildman–Crippen MR) is 135 cm³/mol. The Hall–Kier alpha value is -3.77. The molecule has 0 aliphatic heterocycles. The molecule has 0 radical (unpaired) electrons. The number of amides is 2. The van der Waals surface area contributed by atoms with Crippen molar-refractivity contribution in [1.82, 2.24) is 10.2 Å². The summed E-state index contributed by atoms with van der Waals surface area (Å²) in [5.74, 6) is -9.24. The zero-order chi connectivity index (χ0) is 29.4. The summed E-state index contributed by atoms with van der Waals surface area (Å²) in [5.41, 5.74) is -0.0985. The molecule has 0 unspecified atom stereocenters. The highest BCUT2D eigenvalue weighted by Gasteiger charge is 2.63. The van der Waals surface area contributed by atoms with Crippen LogP contribution < -0.4 is 11.1 Å². The molecule has 0 saturated carbocycles. The van der Waals surface area contributed by atoms with Gasteiger partial charge in [-0.15, -0.1) is 0 Å². The molecule has 0 spiro atoms. The molecular formula is C27H32FN3O8. The highest BCUT2D eigenvalue weighted by Crippen LogP contribution is 2.52. The second kappa shape index (κ2) is 9.16. The first-order valence-electron chi connectivity index (χ1n) is 12.4. The van der Waals surface area contributed by atoms with Gasteiger partial charge in [0.25, 0.3) is 5.91 Å². The number of phenols is 1. The topological polar surface area (TPSA) is 190 Å². The molecule has 0 bridgehead atoms. The van der Waals surface area contributed by atoms with E-state index >= 15 is 4.39 Å². The minimum absolute atomic E-state index is 0.0497. The molecule has 39 heavy (non-hydrogen) atoms. The number of aromatic hydroxyl groups is 1. The molecule has 2 amide bonds. The Kier molecular flexibility index (Phi) is 6.64. The van der Waals surface area contributed by atoms with Gasteiger partial charge in [0, 0.05) is 34.6 Å². The first-order valence-corrected chi connectivity index (χ1v) is 12.4. The molecule has 4 rings (SSSR count). The van der Waals surface area contributed by atoms with E-state index in [1.165, 1.54) is 19.0 Å². The molecule has 0 fully saturated rings. The predicted octanol–water partition coefficient (Wildman–Crippen LogP) is 0.922. The van der Waals surface area contributed by atoms with Crippen molar-refractivity contribution in [1.29, 1.82) is 0 Å². The van der Waals surface area contributed by atoms with Gasteiger partial charge in [-0.3, -0.25) is 24.1 Å². The van der Waals surface area contributed by atoms with E-state index in [0.29, 0.717) is 0 Å². The van der Waals surface area contributed by atoms with Crippen molar-refractivity contribution in [3.63, 3.8) is 0 Å². The van der Waals surface area contributed by atoms with Crippen LogP contribution in [0.5, 0.6) is 5.75 Å². The number of nitrogens with two attached hydrogens (primary N) is 1. The van der Waals surface area contributed by atoms with Crippen LogP contribution in [0.15, 0.2) is 28.7 Å². The molecule has 0 aromatic heterocycles. The van der Waals surface area contributed by atoms with Crippen LogP contribution in [0.3, 0.4) is 0 Å². The fraction of sp³-hybridized carbons (Fsp3) is 0.481. The number of rotatable bonds is 4. The summed E-state index contributed by atoms with van der Waals surface area (Å²) < 4.78 is 15.7. The number of Topliss-reactive ketones (excluding diaryl/α,β-unsaturated/α-hetero) is 2. The number of carbonyl (C=O) groups excluding carboxylic acids is 4. The monoisotopic (exact) mass is 545 g/mol. The Morgan fingerprint density at radius 2 is 1.82 bits per heavy atom. The first kappa shape index (κ1) is 28.2. The van der Waals surface area contributed by atoms with Gasteiger partial charge >= 0.3 is 0 Å². The summed E-state index contributed by atoms with van der Waals surface area (Å²) in [6.07, 6.45) is -0.341. The number of carbonyl (C=O) groups is 4. The Bertz CT molecular complexity index is 1390. The molecule has 11 nitrogen and oxygen atoms in total. The van der Waals surface area contributed by atoms with E-state index in [0.717, 1.165) is 6.07 Å². The normalized spacial score (nSPS) is 26.8. The molecule has 1 aromatic carbocycles. The number of hydrogen-bond donors (Lipinski definition) is 6. The van der Waals surface area contributed by atoms with E-state index in [-0.39, 0.29) is 42.0 Å². The molecule has 3 aliphatic carbocycles. The number of halogens is 1. The molecule has 12 heteroatoms. The van der Waals surface area contributed by atoms with Crippen molar-refractivity contribution in [2.24, 2.45) is 23.0 Å². The van der Waals surface area contributed by atoms with Gasteiger partial charge in [0.15, 0.2) is 11.4 Å². The lowest BCUT2D eigenvalue weighted by Crippen LogP contribution is -2.63. The summed E-state index contributed by atoms with van der Waals surface area (Å²) in [7, 11) is 3.03. The fourth-order valence-corrected chi connectivity index (χ4v) is 5.92. The number of nitrogens with one attached hydrogen (secondary N) is 1. The zero-order valence-electron chi connectivity index (χ0n) is 22.3. The maximum Gasteiger partial charge on any atom is 0.255 e. The van der Waals surface area contributed by atoms with Gasteiger partial charge in [-0.25, -0.2) is 4.39 Å². The number of aliphatic hydroxyl groups excluding tert-OH is 2. The smallest absolute Gasteiger partial charge is 0.255 e. The second-order valence-corrected chi connectivity index (χ2v) is 11.6. The molecular weight excluding hydrogens is 513 g/mol. The molecule has 4 atom stereocenters. The number of aliphatic hydroxyl groups is 3. The van der Waals surface area contributed by atoms with Crippen LogP contribution in [-0.2, 0) is 27.3 Å². The lowest BCUT2D eigenvalue weighted by atomic mass is 9.58. The van der Waals surface area contributed by atoms with E-state index in [9.17, 15) is 39.6 Å². The third-order valence-corrected chi connectivity index (χ3v) is 7.85. The van der Waals surface area contributed by atoms with Crippen LogP contribution in [0.2, 0.25) is 0 Å². The van der Waals surface area contributed by atoms with E-state index in [1.807, 2.05) is 0 Å². The van der Waals surface area contributed by atoms with Crippen LogP contribution >= 0.6 is 0 Å². The van der Waals surface area contributed by atoms with E-state index in [2.05, 4.69) is 5.32 Å². The zero-order valence-corrected chi connectivity index (χ0v) is 22.3. The molecule has 3 aliphatic rings. The molecule has 210 valence electrons. The number of primary amides is 1. The van der Waals surface area contributed by atoms with Crippen LogP contribution in [0.1, 0.15) is 48.7 Å². The number of nitrogens with zero attached hydrogens (tertiary/aromatic N) is 1. The highest BCUT2D eigenvalue weighted by atomic mass is 19.1. The third-order valence-electron chi connectivity index (χ3n) is 7.85. The van der Waals surface area contributed by atoms with Crippen molar-refractivity contribution < 1.29 is 44.0 Å². The van der Waals surface area contributed by atoms with Crippen LogP contribution in [0.4, 0.5) is 4.39 Å². The lowest BCUT2D eigenvalue weighted by Gasteiger charge is -2.50. The number of likely N-dealkylation sites (N-methyl/N-ethyl adjacent to an activating group) is 1. The van der Waals surface area contributed by atoms with Crippen molar-refractivity contribution in [3.05, 3.63) is 51.2 Å². The van der Waals surface area contributed by atoms with Crippen molar-refractivity contribution >= 4 is 23.4 Å². The average molecular weight is 546 g/mol. The molecule has 0 heterocycles. The van der Waals surface area contributed by atoms with E-state index < -0.39 is 80.6 Å². The largest absolute Gasteiger partial charge is 0.510 e. The minimum Gasteiger partial charge on any atom is -0.510 e. The third kappa shape index (κ3) is 4.09. The summed E-state index contributed by atoms with van der Waals surface area (Å²) in [4.78, 5) is 52.6. The fourth-order valence-electron chi connectivity index (χ4n) is 5.92. The van der Waals surface area contributed by atoms with Crippen LogP contribution in [0.25, 0.3) is 0 Å². The summed E-state index contributed by atoms with van der Waals surface area (Å²) in [5, 5.41) is 46.9. The number of ketones is 2. The van der Waals surface area contributed by atoms with Gasteiger partial charge in [-0.1, -0.05) is 20.8 Å². The summed E-state index contributed by atoms with van der Waals surface area (Å²) in [6.45, 7) is 4.80. The molecule has 7 N–H and O–H groups in total. The van der Waals surface area contributed by atoms with Crippen molar-refractivity contribution in [2.75, 3.05) is 14.1 Å². The van der Waals surface area contributed by atoms with Crippen LogP contribution in [0, 0.1) is 23.1 Å². The number of allylic oxidation sites excluding steroid dienone is 1. The Morgan fingerprint density at radius 3 is 2.36 bits per heavy atom. The van der Waals surface area contributed by atoms with Gasteiger partial charge in [-0.05, 0) is 38.9 Å². The minimum atomic E-state index is -2.77. The number of phenolic OH excluding ortho intramolecular Hbond substituents is 1. The van der Waals surface area contributed by atoms with Gasteiger partial charge < -0.3 is 31.5 Å². The number of benzene rings is 1. The van der Waals surface area contributed by atoms with Gasteiger partial charge in [0.2, 0.25) is 11.7 Å². The molecule has 1 aromatic rings. The van der Waals surface area contributed by atoms with E-state index in [1.54, 1.807) is 20.8 Å². The standard InChI is InChI=1S/C27H32FN3O8/c1-26(2,3)25(38)30-9-11-8-14(32)16-12(18(11)28)6-10-7-13-19(31(4)5)21(34)17(24(29)37)23(36)27(13,39)22(35)15(10)20(16)33/h8,10,13,19,32,34-35,39H,6-7,9H2,1-5H3,(H2,29,37)(H,30,38)/t10-,13-,19-,27-/m0/s1. The Balaban J connectivity index is 1.84. The van der Waals surface area contributed by atoms with Gasteiger partial charge in [0.1, 0.15) is 28.7 Å². The molecule has 0 saturated heterocycles. The Labute approximate surface area is 223 Å². The number of fused-ring (bicyclic) bond motifs is 3.